The van der Waals surface area contributed by atoms with Gasteiger partial charge in [0, 0.05) is 22.3 Å². The number of rotatable bonds is 5. The van der Waals surface area contributed by atoms with E-state index >= 15 is 0 Å². The Bertz CT molecular complexity index is 593. The number of amides is 1. The van der Waals surface area contributed by atoms with Crippen molar-refractivity contribution in [1.82, 2.24) is 0 Å². The number of carbonyl (C=O) groups is 1. The molecule has 0 bridgehead atoms. The maximum atomic E-state index is 11.4. The van der Waals surface area contributed by atoms with Crippen LogP contribution >= 0.6 is 11.3 Å². The highest BCUT2D eigenvalue weighted by Crippen LogP contribution is 2.25. The molecule has 0 atom stereocenters. The van der Waals surface area contributed by atoms with E-state index in [9.17, 15) is 4.79 Å². The lowest BCUT2D eigenvalue weighted by atomic mass is 10.1. The molecule has 2 rings (SSSR count). The smallest absolute Gasteiger partial charge is 0.250 e. The highest BCUT2D eigenvalue weighted by molar-refractivity contribution is 7.09. The predicted molar refractivity (Wildman–Crippen MR) is 85.0 cm³/mol. The second-order valence-corrected chi connectivity index (χ2v) is 5.97. The molecule has 0 aliphatic carbocycles. The topological polar surface area (TPSA) is 72.3 Å². The van der Waals surface area contributed by atoms with Crippen LogP contribution in [0.15, 0.2) is 35.7 Å². The summed E-state index contributed by atoms with van der Waals surface area (Å²) in [5, 5.41) is 2.06. The fourth-order valence-electron chi connectivity index (χ4n) is 2.08. The number of nitrogens with two attached hydrogens (primary N) is 2. The molecule has 2 aromatic rings. The Balaban J connectivity index is 2.34. The van der Waals surface area contributed by atoms with Crippen LogP contribution in [0.3, 0.4) is 0 Å². The molecule has 0 aliphatic rings. The monoisotopic (exact) mass is 289 g/mol. The molecule has 5 heteroatoms. The van der Waals surface area contributed by atoms with Gasteiger partial charge in [0.05, 0.1) is 12.1 Å². The standard InChI is InChI=1S/C15H19N3OS/c1-10(2)18(9-12-4-3-7-20-12)11-5-6-14(16)13(8-11)15(17)19/h3-8,10H,9,16H2,1-2H3,(H2,17,19). The van der Waals surface area contributed by atoms with Gasteiger partial charge in [0.15, 0.2) is 0 Å². The van der Waals surface area contributed by atoms with Crippen molar-refractivity contribution in [3.63, 3.8) is 0 Å². The lowest BCUT2D eigenvalue weighted by Gasteiger charge is -2.29. The first-order chi connectivity index (χ1) is 9.49. The van der Waals surface area contributed by atoms with Crippen LogP contribution in [-0.2, 0) is 6.54 Å². The van der Waals surface area contributed by atoms with Crippen molar-refractivity contribution in [2.45, 2.75) is 26.4 Å². The van der Waals surface area contributed by atoms with Crippen molar-refractivity contribution in [2.75, 3.05) is 10.6 Å². The molecule has 20 heavy (non-hydrogen) atoms. The summed E-state index contributed by atoms with van der Waals surface area (Å²) in [5.41, 5.74) is 12.9. The Hall–Kier alpha value is -2.01. The van der Waals surface area contributed by atoms with E-state index < -0.39 is 5.91 Å². The van der Waals surface area contributed by atoms with Gasteiger partial charge in [-0.15, -0.1) is 11.3 Å². The van der Waals surface area contributed by atoms with Crippen LogP contribution in [0.25, 0.3) is 0 Å². The SMILES string of the molecule is CC(C)N(Cc1cccs1)c1ccc(N)c(C(N)=O)c1. The van der Waals surface area contributed by atoms with Gasteiger partial charge >= 0.3 is 0 Å². The Labute approximate surface area is 123 Å². The number of primary amides is 1. The number of thiophene rings is 1. The number of hydrogen-bond acceptors (Lipinski definition) is 4. The third-order valence-electron chi connectivity index (χ3n) is 3.16. The molecule has 0 aliphatic heterocycles. The maximum Gasteiger partial charge on any atom is 0.250 e. The molecule has 1 aromatic carbocycles. The number of benzene rings is 1. The lowest BCUT2D eigenvalue weighted by Crippen LogP contribution is -2.30. The van der Waals surface area contributed by atoms with Gasteiger partial charge in [-0.05, 0) is 43.5 Å². The maximum absolute atomic E-state index is 11.4. The highest BCUT2D eigenvalue weighted by Gasteiger charge is 2.15. The summed E-state index contributed by atoms with van der Waals surface area (Å²) in [6, 6.07) is 9.88. The predicted octanol–water partition coefficient (Wildman–Crippen LogP) is 2.84. The highest BCUT2D eigenvalue weighted by atomic mass is 32.1. The molecule has 0 unspecified atom stereocenters. The van der Waals surface area contributed by atoms with Gasteiger partial charge in [0.25, 0.3) is 5.91 Å². The summed E-state index contributed by atoms with van der Waals surface area (Å²) in [5.74, 6) is -0.496. The van der Waals surface area contributed by atoms with Gasteiger partial charge in [-0.3, -0.25) is 4.79 Å². The quantitative estimate of drug-likeness (QED) is 0.831. The average Bonchev–Trinajstić information content (AvgIpc) is 2.89. The second-order valence-electron chi connectivity index (χ2n) is 4.94. The van der Waals surface area contributed by atoms with Gasteiger partial charge in [-0.1, -0.05) is 6.07 Å². The van der Waals surface area contributed by atoms with Gasteiger partial charge in [0.2, 0.25) is 0 Å². The number of nitrogen functional groups attached to an aromatic ring is 1. The average molecular weight is 289 g/mol. The van der Waals surface area contributed by atoms with Crippen molar-refractivity contribution in [1.29, 1.82) is 0 Å². The van der Waals surface area contributed by atoms with E-state index in [0.29, 0.717) is 17.3 Å². The molecule has 0 spiro atoms. The van der Waals surface area contributed by atoms with Crippen LogP contribution in [0.5, 0.6) is 0 Å². The minimum absolute atomic E-state index is 0.307. The van der Waals surface area contributed by atoms with Crippen molar-refractivity contribution in [2.24, 2.45) is 5.73 Å². The largest absolute Gasteiger partial charge is 0.398 e. The summed E-state index contributed by atoms with van der Waals surface area (Å²) < 4.78 is 0. The summed E-state index contributed by atoms with van der Waals surface area (Å²) >= 11 is 1.72. The zero-order valence-electron chi connectivity index (χ0n) is 11.7. The molecule has 1 amide bonds. The summed E-state index contributed by atoms with van der Waals surface area (Å²) in [7, 11) is 0. The van der Waals surface area contributed by atoms with Crippen molar-refractivity contribution < 1.29 is 4.79 Å². The van der Waals surface area contributed by atoms with E-state index in [1.807, 2.05) is 12.1 Å². The van der Waals surface area contributed by atoms with Crippen molar-refractivity contribution >= 4 is 28.6 Å². The fraction of sp³-hybridized carbons (Fsp3) is 0.267. The molecule has 0 saturated heterocycles. The number of carbonyl (C=O) groups excluding carboxylic acids is 1. The first-order valence-corrected chi connectivity index (χ1v) is 7.35. The molecule has 4 nitrogen and oxygen atoms in total. The van der Waals surface area contributed by atoms with Crippen LogP contribution in [0.2, 0.25) is 0 Å². The first kappa shape index (κ1) is 14.4. The summed E-state index contributed by atoms with van der Waals surface area (Å²) in [4.78, 5) is 14.9. The van der Waals surface area contributed by atoms with Crippen LogP contribution in [0.4, 0.5) is 11.4 Å². The first-order valence-electron chi connectivity index (χ1n) is 6.47. The zero-order chi connectivity index (χ0) is 14.7. The Morgan fingerprint density at radius 2 is 2.10 bits per heavy atom. The van der Waals surface area contributed by atoms with Crippen LogP contribution < -0.4 is 16.4 Å². The van der Waals surface area contributed by atoms with E-state index in [1.54, 1.807) is 23.5 Å². The van der Waals surface area contributed by atoms with Crippen LogP contribution in [-0.4, -0.2) is 11.9 Å². The van der Waals surface area contributed by atoms with Gasteiger partial charge < -0.3 is 16.4 Å². The molecular formula is C15H19N3OS. The van der Waals surface area contributed by atoms with Crippen LogP contribution in [0.1, 0.15) is 29.1 Å². The number of nitrogens with zero attached hydrogens (tertiary/aromatic N) is 1. The molecule has 0 saturated carbocycles. The molecule has 1 heterocycles. The lowest BCUT2D eigenvalue weighted by molar-refractivity contribution is 0.100. The minimum Gasteiger partial charge on any atom is -0.398 e. The van der Waals surface area contributed by atoms with E-state index in [2.05, 4.69) is 30.2 Å². The normalized spacial score (nSPS) is 10.8. The Morgan fingerprint density at radius 3 is 2.65 bits per heavy atom. The second kappa shape index (κ2) is 5.96. The van der Waals surface area contributed by atoms with Crippen molar-refractivity contribution in [3.05, 3.63) is 46.2 Å². The van der Waals surface area contributed by atoms with Gasteiger partial charge in [-0.2, -0.15) is 0 Å². The Kier molecular flexibility index (Phi) is 4.29. The van der Waals surface area contributed by atoms with E-state index in [-0.39, 0.29) is 0 Å². The minimum atomic E-state index is -0.496. The number of anilines is 2. The van der Waals surface area contributed by atoms with Gasteiger partial charge in [0.1, 0.15) is 0 Å². The third kappa shape index (κ3) is 3.11. The van der Waals surface area contributed by atoms with E-state index in [4.69, 9.17) is 11.5 Å². The molecule has 106 valence electrons. The molecule has 0 radical (unpaired) electrons. The molecule has 4 N–H and O–H groups in total. The molecule has 1 aromatic heterocycles. The number of hydrogen-bond donors (Lipinski definition) is 2. The summed E-state index contributed by atoms with van der Waals surface area (Å²) in [6.07, 6.45) is 0. The van der Waals surface area contributed by atoms with E-state index in [1.165, 1.54) is 4.88 Å². The fourth-order valence-corrected chi connectivity index (χ4v) is 2.78. The third-order valence-corrected chi connectivity index (χ3v) is 4.02. The van der Waals surface area contributed by atoms with Crippen molar-refractivity contribution in [3.8, 4) is 0 Å². The molecule has 0 fully saturated rings. The summed E-state index contributed by atoms with van der Waals surface area (Å²) in [6.45, 7) is 5.04. The van der Waals surface area contributed by atoms with Crippen LogP contribution in [0, 0.1) is 0 Å². The zero-order valence-corrected chi connectivity index (χ0v) is 12.5. The van der Waals surface area contributed by atoms with E-state index in [0.717, 1.165) is 12.2 Å². The molecular weight excluding hydrogens is 270 g/mol. The van der Waals surface area contributed by atoms with Gasteiger partial charge in [-0.25, -0.2) is 0 Å². The Morgan fingerprint density at radius 1 is 1.35 bits per heavy atom.